The van der Waals surface area contributed by atoms with E-state index in [4.69, 9.17) is 0 Å². The summed E-state index contributed by atoms with van der Waals surface area (Å²) in [7, 11) is 0. The number of nitrogens with zero attached hydrogens (tertiary/aromatic N) is 2. The van der Waals surface area contributed by atoms with Crippen LogP contribution >= 0.6 is 45.7 Å². The molecule has 2 heterocycles. The molecule has 4 aromatic rings. The van der Waals surface area contributed by atoms with E-state index in [0.717, 1.165) is 34.9 Å². The van der Waals surface area contributed by atoms with Gasteiger partial charge < -0.3 is 5.32 Å². The maximum Gasteiger partial charge on any atom is 0.234 e. The molecule has 0 aliphatic heterocycles. The van der Waals surface area contributed by atoms with Gasteiger partial charge in [-0.1, -0.05) is 54.2 Å². The summed E-state index contributed by atoms with van der Waals surface area (Å²) in [6, 6.07) is 20.1. The van der Waals surface area contributed by atoms with Crippen LogP contribution in [0.1, 0.15) is 0 Å². The summed E-state index contributed by atoms with van der Waals surface area (Å²) >= 11 is 5.28. The molecule has 0 unspecified atom stereocenters. The van der Waals surface area contributed by atoms with Gasteiger partial charge in [0.1, 0.15) is 16.2 Å². The molecule has 0 spiro atoms. The molecule has 4 nitrogen and oxygen atoms in total. The quantitative estimate of drug-likeness (QED) is 0.216. The van der Waals surface area contributed by atoms with Crippen LogP contribution in [0.3, 0.4) is 0 Å². The Balaban J connectivity index is 1.51. The van der Waals surface area contributed by atoms with E-state index in [2.05, 4.69) is 56.1 Å². The van der Waals surface area contributed by atoms with Crippen LogP contribution in [-0.4, -0.2) is 21.6 Å². The first-order valence-corrected chi connectivity index (χ1v) is 11.1. The highest BCUT2D eigenvalue weighted by Crippen LogP contribution is 2.36. The average Bonchev–Trinajstić information content (AvgIpc) is 3.14. The van der Waals surface area contributed by atoms with E-state index in [1.807, 2.05) is 42.5 Å². The van der Waals surface area contributed by atoms with E-state index in [9.17, 15) is 4.79 Å². The number of thiophene rings is 1. The maximum absolute atomic E-state index is 12.3. The summed E-state index contributed by atoms with van der Waals surface area (Å²) in [5.74, 6) is 0.252. The number of hydrogen-bond donors (Lipinski definition) is 1. The van der Waals surface area contributed by atoms with Crippen molar-refractivity contribution in [1.82, 2.24) is 9.97 Å². The first-order chi connectivity index (χ1) is 13.2. The van der Waals surface area contributed by atoms with E-state index in [1.54, 1.807) is 17.7 Å². The molecule has 1 amide bonds. The third kappa shape index (κ3) is 4.31. The van der Waals surface area contributed by atoms with Gasteiger partial charge in [0, 0.05) is 13.8 Å². The Bertz CT molecular complexity index is 1100. The van der Waals surface area contributed by atoms with Gasteiger partial charge in [-0.3, -0.25) is 4.79 Å². The van der Waals surface area contributed by atoms with Gasteiger partial charge in [-0.25, -0.2) is 9.97 Å². The number of thioether (sulfide) groups is 1. The van der Waals surface area contributed by atoms with Gasteiger partial charge in [0.15, 0.2) is 0 Å². The lowest BCUT2D eigenvalue weighted by Crippen LogP contribution is -2.14. The van der Waals surface area contributed by atoms with E-state index >= 15 is 0 Å². The number of carbonyl (C=O) groups excluding carboxylic acids is 1. The first kappa shape index (κ1) is 18.4. The lowest BCUT2D eigenvalue weighted by Gasteiger charge is -2.07. The fourth-order valence-corrected chi connectivity index (χ4v) is 4.94. The minimum atomic E-state index is -0.0469. The van der Waals surface area contributed by atoms with Crippen LogP contribution in [0.15, 0.2) is 72.0 Å². The molecule has 0 aliphatic rings. The molecule has 27 heavy (non-hydrogen) atoms. The minimum absolute atomic E-state index is 0.0469. The Kier molecular flexibility index (Phi) is 5.70. The Morgan fingerprint density at radius 1 is 1.07 bits per heavy atom. The molecule has 0 bridgehead atoms. The zero-order chi connectivity index (χ0) is 18.6. The number of benzene rings is 2. The molecule has 4 rings (SSSR count). The molecule has 0 fully saturated rings. The third-order valence-electron chi connectivity index (χ3n) is 3.84. The number of anilines is 1. The van der Waals surface area contributed by atoms with Gasteiger partial charge in [-0.15, -0.1) is 11.3 Å². The lowest BCUT2D eigenvalue weighted by atomic mass is 10.2. The number of aromatic nitrogens is 2. The highest BCUT2D eigenvalue weighted by atomic mass is 127. The molecular formula is C20H14IN3OS2. The van der Waals surface area contributed by atoms with Gasteiger partial charge in [0.05, 0.1) is 11.4 Å². The van der Waals surface area contributed by atoms with Crippen LogP contribution in [0.2, 0.25) is 0 Å². The molecule has 2 aromatic carbocycles. The second-order valence-electron chi connectivity index (χ2n) is 5.69. The molecule has 0 atom stereocenters. The zero-order valence-electron chi connectivity index (χ0n) is 14.1. The van der Waals surface area contributed by atoms with Crippen molar-refractivity contribution in [3.05, 3.63) is 70.6 Å². The van der Waals surface area contributed by atoms with Crippen molar-refractivity contribution in [3.63, 3.8) is 0 Å². The number of hydrogen-bond acceptors (Lipinski definition) is 5. The highest BCUT2D eigenvalue weighted by Gasteiger charge is 2.12. The van der Waals surface area contributed by atoms with Crippen LogP contribution < -0.4 is 5.32 Å². The molecule has 134 valence electrons. The topological polar surface area (TPSA) is 54.9 Å². The smallest absolute Gasteiger partial charge is 0.234 e. The van der Waals surface area contributed by atoms with Crippen molar-refractivity contribution >= 4 is 67.5 Å². The van der Waals surface area contributed by atoms with Gasteiger partial charge >= 0.3 is 0 Å². The summed E-state index contributed by atoms with van der Waals surface area (Å²) in [6.45, 7) is 0. The van der Waals surface area contributed by atoms with Crippen molar-refractivity contribution in [1.29, 1.82) is 0 Å². The Labute approximate surface area is 178 Å². The maximum atomic E-state index is 12.3. The average molecular weight is 503 g/mol. The molecule has 0 saturated carbocycles. The third-order valence-corrected chi connectivity index (χ3v) is 6.88. The lowest BCUT2D eigenvalue weighted by molar-refractivity contribution is -0.113. The van der Waals surface area contributed by atoms with Crippen LogP contribution in [0, 0.1) is 3.57 Å². The molecule has 0 aliphatic carbocycles. The second-order valence-corrected chi connectivity index (χ2v) is 8.85. The largest absolute Gasteiger partial charge is 0.324 e. The van der Waals surface area contributed by atoms with Crippen LogP contribution in [0.5, 0.6) is 0 Å². The summed E-state index contributed by atoms with van der Waals surface area (Å²) < 4.78 is 1.02. The Hall–Kier alpha value is -1.97. The highest BCUT2D eigenvalue weighted by molar-refractivity contribution is 14.1. The molecule has 7 heteroatoms. The number of carbonyl (C=O) groups is 1. The van der Waals surface area contributed by atoms with Crippen LogP contribution in [-0.2, 0) is 4.79 Å². The molecule has 1 N–H and O–H groups in total. The fraction of sp³-hybridized carbons (Fsp3) is 0.0500. The number of nitrogens with one attached hydrogen (secondary N) is 1. The van der Waals surface area contributed by atoms with E-state index in [-0.39, 0.29) is 5.91 Å². The van der Waals surface area contributed by atoms with Gasteiger partial charge in [0.2, 0.25) is 5.91 Å². The second kappa shape index (κ2) is 8.37. The predicted octanol–water partition coefficient (Wildman–Crippen LogP) is 5.69. The van der Waals surface area contributed by atoms with E-state index in [0.29, 0.717) is 5.75 Å². The fourth-order valence-electron chi connectivity index (χ4n) is 2.58. The zero-order valence-corrected chi connectivity index (χ0v) is 17.8. The van der Waals surface area contributed by atoms with Crippen molar-refractivity contribution in [2.24, 2.45) is 0 Å². The SMILES string of the molecule is O=C(CSc1ncnc2sc(-c3ccccc3)cc12)Nc1ccccc1I. The number of para-hydroxylation sites is 1. The van der Waals surface area contributed by atoms with Crippen LogP contribution in [0.4, 0.5) is 5.69 Å². The van der Waals surface area contributed by atoms with Crippen molar-refractivity contribution in [2.75, 3.05) is 11.1 Å². The molecule has 0 radical (unpaired) electrons. The van der Waals surface area contributed by atoms with E-state index in [1.165, 1.54) is 11.8 Å². The summed E-state index contributed by atoms with van der Waals surface area (Å²) in [5.41, 5.74) is 1.99. The normalized spacial score (nSPS) is 10.9. The first-order valence-electron chi connectivity index (χ1n) is 8.18. The van der Waals surface area contributed by atoms with E-state index < -0.39 is 0 Å². The number of fused-ring (bicyclic) bond motifs is 1. The van der Waals surface area contributed by atoms with Crippen molar-refractivity contribution in [3.8, 4) is 10.4 Å². The Morgan fingerprint density at radius 2 is 1.85 bits per heavy atom. The number of halogens is 1. The predicted molar refractivity (Wildman–Crippen MR) is 121 cm³/mol. The van der Waals surface area contributed by atoms with Gasteiger partial charge in [0.25, 0.3) is 0 Å². The summed E-state index contributed by atoms with van der Waals surface area (Å²) in [6.07, 6.45) is 1.56. The van der Waals surface area contributed by atoms with Crippen molar-refractivity contribution < 1.29 is 4.79 Å². The van der Waals surface area contributed by atoms with Crippen molar-refractivity contribution in [2.45, 2.75) is 5.03 Å². The monoisotopic (exact) mass is 503 g/mol. The van der Waals surface area contributed by atoms with Gasteiger partial charge in [-0.05, 0) is 46.4 Å². The molecule has 0 saturated heterocycles. The number of rotatable bonds is 5. The molecule has 2 aromatic heterocycles. The van der Waals surface area contributed by atoms with Crippen LogP contribution in [0.25, 0.3) is 20.7 Å². The molecular weight excluding hydrogens is 489 g/mol. The standard InChI is InChI=1S/C20H14IN3OS2/c21-15-8-4-5-9-16(15)24-18(25)11-26-19-14-10-17(13-6-2-1-3-7-13)27-20(14)23-12-22-19/h1-10,12H,11H2,(H,24,25). The number of amides is 1. The summed E-state index contributed by atoms with van der Waals surface area (Å²) in [5, 5.41) is 4.78. The summed E-state index contributed by atoms with van der Waals surface area (Å²) in [4.78, 5) is 23.2. The Morgan fingerprint density at radius 3 is 2.67 bits per heavy atom. The minimum Gasteiger partial charge on any atom is -0.324 e. The van der Waals surface area contributed by atoms with Gasteiger partial charge in [-0.2, -0.15) is 0 Å².